The minimum absolute atomic E-state index is 0.182. The van der Waals surface area contributed by atoms with Gasteiger partial charge in [-0.3, -0.25) is 0 Å². The van der Waals surface area contributed by atoms with Gasteiger partial charge in [-0.1, -0.05) is 0 Å². The number of nitrogens with zero attached hydrogens (tertiary/aromatic N) is 1. The van der Waals surface area contributed by atoms with Gasteiger partial charge in [-0.15, -0.1) is 0 Å². The predicted molar refractivity (Wildman–Crippen MR) is 95.0 cm³/mol. The molecule has 140 valence electrons. The molecule has 2 aliphatic rings. The molecule has 0 aromatic heterocycles. The molecule has 24 heavy (non-hydrogen) atoms. The Morgan fingerprint density at radius 3 is 2.29 bits per heavy atom. The first-order valence-corrected chi connectivity index (χ1v) is 9.25. The van der Waals surface area contributed by atoms with E-state index in [-0.39, 0.29) is 11.7 Å². The van der Waals surface area contributed by atoms with Gasteiger partial charge in [0.2, 0.25) is 0 Å². The molecule has 0 atom stereocenters. The molecule has 0 aromatic rings. The van der Waals surface area contributed by atoms with Crippen LogP contribution in [0.3, 0.4) is 0 Å². The monoisotopic (exact) mass is 341 g/mol. The molecule has 2 rings (SSSR count). The molecule has 0 unspecified atom stereocenters. The highest BCUT2D eigenvalue weighted by atomic mass is 16.6. The maximum atomic E-state index is 12.2. The minimum Gasteiger partial charge on any atom is -0.444 e. The van der Waals surface area contributed by atoms with Crippen LogP contribution in [0, 0.1) is 0 Å². The Morgan fingerprint density at radius 2 is 1.79 bits per heavy atom. The number of hydrogen-bond acceptors (Lipinski definition) is 5. The summed E-state index contributed by atoms with van der Waals surface area (Å²) in [4.78, 5) is 14.0. The predicted octanol–water partition coefficient (Wildman–Crippen LogP) is 2.26. The van der Waals surface area contributed by atoms with Gasteiger partial charge in [0.15, 0.2) is 0 Å². The molecule has 3 N–H and O–H groups in total. The second kappa shape index (κ2) is 8.02. The Morgan fingerprint density at radius 1 is 1.21 bits per heavy atom. The highest BCUT2D eigenvalue weighted by Crippen LogP contribution is 2.27. The second-order valence-electron chi connectivity index (χ2n) is 8.35. The maximum absolute atomic E-state index is 12.2. The Kier molecular flexibility index (Phi) is 6.51. The van der Waals surface area contributed by atoms with Gasteiger partial charge in [-0.25, -0.2) is 4.79 Å². The van der Waals surface area contributed by atoms with Crippen molar-refractivity contribution in [3.8, 4) is 0 Å². The second-order valence-corrected chi connectivity index (χ2v) is 8.35. The third kappa shape index (κ3) is 5.60. The van der Waals surface area contributed by atoms with Crippen molar-refractivity contribution in [2.45, 2.75) is 82.6 Å². The number of rotatable bonds is 4. The van der Waals surface area contributed by atoms with Crippen LogP contribution in [0.2, 0.25) is 0 Å². The van der Waals surface area contributed by atoms with E-state index in [9.17, 15) is 4.79 Å². The standard InChI is InChI=1S/C18H35N3O3/c1-17(2,3)24-16(22)21-11-9-18(23-4,10-12-21)13-20-15-7-5-14(19)6-8-15/h14-15,20H,5-13,19H2,1-4H3. The van der Waals surface area contributed by atoms with E-state index in [1.807, 2.05) is 20.8 Å². The highest BCUT2D eigenvalue weighted by molar-refractivity contribution is 5.68. The van der Waals surface area contributed by atoms with Crippen LogP contribution < -0.4 is 11.1 Å². The molecular weight excluding hydrogens is 306 g/mol. The Hall–Kier alpha value is -0.850. The number of carbonyl (C=O) groups is 1. The molecule has 1 amide bonds. The Balaban J connectivity index is 1.79. The number of likely N-dealkylation sites (tertiary alicyclic amines) is 1. The van der Waals surface area contributed by atoms with Crippen molar-refractivity contribution in [1.29, 1.82) is 0 Å². The molecule has 6 heteroatoms. The molecule has 2 fully saturated rings. The normalized spacial score (nSPS) is 27.8. The van der Waals surface area contributed by atoms with E-state index in [1.165, 1.54) is 0 Å². The van der Waals surface area contributed by atoms with E-state index in [2.05, 4.69) is 5.32 Å². The summed E-state index contributed by atoms with van der Waals surface area (Å²) in [7, 11) is 1.78. The highest BCUT2D eigenvalue weighted by Gasteiger charge is 2.37. The first-order valence-electron chi connectivity index (χ1n) is 9.25. The van der Waals surface area contributed by atoms with Crippen LogP contribution in [0.4, 0.5) is 4.79 Å². The lowest BCUT2D eigenvalue weighted by Gasteiger charge is -2.42. The van der Waals surface area contributed by atoms with Crippen molar-refractivity contribution in [3.05, 3.63) is 0 Å². The molecule has 0 aromatic carbocycles. The van der Waals surface area contributed by atoms with Gasteiger partial charge in [-0.05, 0) is 59.3 Å². The minimum atomic E-state index is -0.448. The van der Waals surface area contributed by atoms with Crippen molar-refractivity contribution >= 4 is 6.09 Å². The maximum Gasteiger partial charge on any atom is 0.410 e. The molecule has 1 heterocycles. The Labute approximate surface area is 146 Å². The van der Waals surface area contributed by atoms with Crippen LogP contribution in [0.5, 0.6) is 0 Å². The lowest BCUT2D eigenvalue weighted by Crippen LogP contribution is -2.54. The number of carbonyl (C=O) groups excluding carboxylic acids is 1. The quantitative estimate of drug-likeness (QED) is 0.820. The fraction of sp³-hybridized carbons (Fsp3) is 0.944. The van der Waals surface area contributed by atoms with Crippen LogP contribution in [0.15, 0.2) is 0 Å². The van der Waals surface area contributed by atoms with Crippen molar-refractivity contribution in [2.75, 3.05) is 26.7 Å². The van der Waals surface area contributed by atoms with Gasteiger partial charge >= 0.3 is 6.09 Å². The van der Waals surface area contributed by atoms with Crippen LogP contribution >= 0.6 is 0 Å². The number of nitrogens with two attached hydrogens (primary N) is 1. The molecule has 1 saturated carbocycles. The first-order chi connectivity index (χ1) is 11.2. The zero-order chi connectivity index (χ0) is 17.8. The summed E-state index contributed by atoms with van der Waals surface area (Å²) in [5.41, 5.74) is 5.34. The number of hydrogen-bond donors (Lipinski definition) is 2. The average molecular weight is 341 g/mol. The van der Waals surface area contributed by atoms with Gasteiger partial charge in [0, 0.05) is 38.8 Å². The van der Waals surface area contributed by atoms with E-state index in [4.69, 9.17) is 15.2 Å². The summed E-state index contributed by atoms with van der Waals surface area (Å²) >= 11 is 0. The molecule has 1 aliphatic carbocycles. The van der Waals surface area contributed by atoms with E-state index in [1.54, 1.807) is 12.0 Å². The van der Waals surface area contributed by atoms with Crippen molar-refractivity contribution < 1.29 is 14.3 Å². The van der Waals surface area contributed by atoms with Crippen molar-refractivity contribution in [1.82, 2.24) is 10.2 Å². The molecule has 0 radical (unpaired) electrons. The fourth-order valence-electron chi connectivity index (χ4n) is 3.53. The molecular formula is C18H35N3O3. The van der Waals surface area contributed by atoms with Gasteiger partial charge in [0.25, 0.3) is 0 Å². The van der Waals surface area contributed by atoms with Gasteiger partial charge < -0.3 is 25.4 Å². The van der Waals surface area contributed by atoms with Gasteiger partial charge in [0.05, 0.1) is 5.60 Å². The average Bonchev–Trinajstić information content (AvgIpc) is 2.53. The van der Waals surface area contributed by atoms with E-state index < -0.39 is 5.60 Å². The van der Waals surface area contributed by atoms with E-state index >= 15 is 0 Å². The summed E-state index contributed by atoms with van der Waals surface area (Å²) in [5, 5.41) is 3.67. The number of amides is 1. The smallest absolute Gasteiger partial charge is 0.410 e. The van der Waals surface area contributed by atoms with Crippen molar-refractivity contribution in [3.63, 3.8) is 0 Å². The Bertz CT molecular complexity index is 406. The van der Waals surface area contributed by atoms with Gasteiger partial charge in [0.1, 0.15) is 5.60 Å². The summed E-state index contributed by atoms with van der Waals surface area (Å²) in [6.45, 7) is 7.89. The van der Waals surface area contributed by atoms with Crippen LogP contribution in [0.1, 0.15) is 59.3 Å². The molecule has 6 nitrogen and oxygen atoms in total. The van der Waals surface area contributed by atoms with Crippen LogP contribution in [-0.2, 0) is 9.47 Å². The molecule has 1 aliphatic heterocycles. The topological polar surface area (TPSA) is 76.8 Å². The number of nitrogens with one attached hydrogen (secondary N) is 1. The summed E-state index contributed by atoms with van der Waals surface area (Å²) < 4.78 is 11.3. The van der Waals surface area contributed by atoms with Gasteiger partial charge in [-0.2, -0.15) is 0 Å². The largest absolute Gasteiger partial charge is 0.444 e. The number of ether oxygens (including phenoxy) is 2. The molecule has 0 spiro atoms. The summed E-state index contributed by atoms with van der Waals surface area (Å²) in [6, 6.07) is 0.914. The lowest BCUT2D eigenvalue weighted by molar-refractivity contribution is -0.0604. The third-order valence-corrected chi connectivity index (χ3v) is 5.24. The number of piperidine rings is 1. The zero-order valence-corrected chi connectivity index (χ0v) is 15.8. The zero-order valence-electron chi connectivity index (χ0n) is 15.8. The molecule has 0 bridgehead atoms. The van der Waals surface area contributed by atoms with E-state index in [0.29, 0.717) is 25.2 Å². The van der Waals surface area contributed by atoms with Crippen LogP contribution in [-0.4, -0.2) is 61.0 Å². The first kappa shape index (κ1) is 19.5. The fourth-order valence-corrected chi connectivity index (χ4v) is 3.53. The van der Waals surface area contributed by atoms with Crippen molar-refractivity contribution in [2.24, 2.45) is 5.73 Å². The summed E-state index contributed by atoms with van der Waals surface area (Å²) in [5.74, 6) is 0. The lowest BCUT2D eigenvalue weighted by atomic mass is 9.88. The summed E-state index contributed by atoms with van der Waals surface area (Å²) in [6.07, 6.45) is 5.94. The van der Waals surface area contributed by atoms with E-state index in [0.717, 1.165) is 45.1 Å². The number of methoxy groups -OCH3 is 1. The third-order valence-electron chi connectivity index (χ3n) is 5.24. The SMILES string of the molecule is COC1(CNC2CCC(N)CC2)CCN(C(=O)OC(C)(C)C)CC1. The molecule has 1 saturated heterocycles. The van der Waals surface area contributed by atoms with Crippen LogP contribution in [0.25, 0.3) is 0 Å².